The maximum Gasteiger partial charge on any atom is 0.332 e. The van der Waals surface area contributed by atoms with Crippen LogP contribution in [0.25, 0.3) is 11.2 Å². The van der Waals surface area contributed by atoms with Crippen LogP contribution in [-0.2, 0) is 20.6 Å². The minimum atomic E-state index is -0.400. The molecule has 4 heterocycles. The van der Waals surface area contributed by atoms with E-state index in [9.17, 15) is 14.9 Å². The molecule has 2 aromatic heterocycles. The molecule has 9 heteroatoms. The van der Waals surface area contributed by atoms with Gasteiger partial charge in [0.1, 0.15) is 0 Å². The smallest absolute Gasteiger partial charge is 0.332 e. The zero-order valence-electron chi connectivity index (χ0n) is 17.0. The first-order chi connectivity index (χ1) is 14.5. The Hall–Kier alpha value is -3.38. The van der Waals surface area contributed by atoms with Crippen LogP contribution in [-0.4, -0.2) is 44.4 Å². The summed E-state index contributed by atoms with van der Waals surface area (Å²) in [7, 11) is 3.12. The van der Waals surface area contributed by atoms with Gasteiger partial charge < -0.3 is 10.2 Å². The Morgan fingerprint density at radius 3 is 2.80 bits per heavy atom. The summed E-state index contributed by atoms with van der Waals surface area (Å²) >= 11 is 0. The number of benzene rings is 1. The number of hydrogen-bond donors (Lipinski definition) is 1. The molecule has 9 nitrogen and oxygen atoms in total. The Balaban J connectivity index is 1.77. The Morgan fingerprint density at radius 2 is 2.00 bits per heavy atom. The summed E-state index contributed by atoms with van der Waals surface area (Å²) in [6, 6.07) is 9.92. The Bertz CT molecular complexity index is 1310. The molecule has 2 saturated heterocycles. The fourth-order valence-electron chi connectivity index (χ4n) is 4.84. The Labute approximate surface area is 172 Å². The second-order valence-corrected chi connectivity index (χ2v) is 8.11. The van der Waals surface area contributed by atoms with E-state index >= 15 is 0 Å². The number of nitrogens with zero attached hydrogens (tertiary/aromatic N) is 6. The average Bonchev–Trinajstić information content (AvgIpc) is 3.46. The molecule has 1 aromatic carbocycles. The number of anilines is 1. The third-order valence-corrected chi connectivity index (χ3v) is 6.50. The first-order valence-corrected chi connectivity index (χ1v) is 10.1. The van der Waals surface area contributed by atoms with E-state index in [4.69, 9.17) is 4.98 Å². The average molecular weight is 405 g/mol. The van der Waals surface area contributed by atoms with Crippen LogP contribution < -0.4 is 21.5 Å². The van der Waals surface area contributed by atoms with E-state index < -0.39 is 5.69 Å². The standard InChI is InChI=1S/C21H23N7O2/c1-25-18-17(19(29)26(2)21(25)30)28(12-15-6-4-3-5-13(15)9-22)20(24-18)27-8-7-14-10-23-11-16(14)27/h3-6,14,16,23H,7-8,10-12H2,1-2H3. The fourth-order valence-corrected chi connectivity index (χ4v) is 4.84. The predicted molar refractivity (Wildman–Crippen MR) is 113 cm³/mol. The number of nitriles is 1. The zero-order chi connectivity index (χ0) is 21.0. The number of rotatable bonds is 3. The molecule has 1 N–H and O–H groups in total. The predicted octanol–water partition coefficient (Wildman–Crippen LogP) is 0.152. The number of hydrogen-bond acceptors (Lipinski definition) is 6. The van der Waals surface area contributed by atoms with E-state index in [1.165, 1.54) is 11.6 Å². The fraction of sp³-hybridized carbons (Fsp3) is 0.429. The Morgan fingerprint density at radius 1 is 1.20 bits per heavy atom. The molecule has 0 radical (unpaired) electrons. The van der Waals surface area contributed by atoms with Crippen LogP contribution in [0.5, 0.6) is 0 Å². The maximum atomic E-state index is 13.1. The van der Waals surface area contributed by atoms with Crippen molar-refractivity contribution in [3.8, 4) is 6.07 Å². The molecule has 2 aliphatic rings. The van der Waals surface area contributed by atoms with Crippen LogP contribution in [0.3, 0.4) is 0 Å². The maximum absolute atomic E-state index is 13.1. The highest BCUT2D eigenvalue weighted by atomic mass is 16.2. The quantitative estimate of drug-likeness (QED) is 0.666. The topological polar surface area (TPSA) is 101 Å². The molecule has 2 fully saturated rings. The van der Waals surface area contributed by atoms with Gasteiger partial charge in [0.25, 0.3) is 5.56 Å². The normalized spacial score (nSPS) is 20.6. The molecule has 5 rings (SSSR count). The lowest BCUT2D eigenvalue weighted by Crippen LogP contribution is -2.38. The van der Waals surface area contributed by atoms with Gasteiger partial charge in [-0.15, -0.1) is 0 Å². The molecule has 0 spiro atoms. The number of nitrogens with one attached hydrogen (secondary N) is 1. The van der Waals surface area contributed by atoms with Crippen molar-refractivity contribution in [3.63, 3.8) is 0 Å². The monoisotopic (exact) mass is 405 g/mol. The minimum absolute atomic E-state index is 0.313. The summed E-state index contributed by atoms with van der Waals surface area (Å²) in [5, 5.41) is 13.0. The highest BCUT2D eigenvalue weighted by molar-refractivity contribution is 5.75. The molecule has 0 amide bonds. The molecular formula is C21H23N7O2. The Kier molecular flexibility index (Phi) is 4.25. The summed E-state index contributed by atoms with van der Waals surface area (Å²) in [4.78, 5) is 32.7. The van der Waals surface area contributed by atoms with Crippen molar-refractivity contribution in [2.45, 2.75) is 19.0 Å². The van der Waals surface area contributed by atoms with Crippen molar-refractivity contribution < 1.29 is 0 Å². The first kappa shape index (κ1) is 18.6. The van der Waals surface area contributed by atoms with E-state index in [0.717, 1.165) is 36.2 Å². The molecule has 0 bridgehead atoms. The van der Waals surface area contributed by atoms with Gasteiger partial charge in [0, 0.05) is 39.8 Å². The highest BCUT2D eigenvalue weighted by Crippen LogP contribution is 2.33. The van der Waals surface area contributed by atoms with Crippen LogP contribution in [0, 0.1) is 17.2 Å². The molecule has 3 aromatic rings. The van der Waals surface area contributed by atoms with Crippen LogP contribution in [0.4, 0.5) is 5.95 Å². The van der Waals surface area contributed by atoms with E-state index in [1.807, 2.05) is 22.8 Å². The van der Waals surface area contributed by atoms with Gasteiger partial charge in [0.15, 0.2) is 11.2 Å². The molecule has 0 saturated carbocycles. The SMILES string of the molecule is Cn1c(=O)c2c(nc(N3CCC4CNCC43)n2Cc2ccccc2C#N)n(C)c1=O. The number of imidazole rings is 1. The van der Waals surface area contributed by atoms with Gasteiger partial charge in [-0.05, 0) is 24.0 Å². The van der Waals surface area contributed by atoms with Crippen LogP contribution in [0.15, 0.2) is 33.9 Å². The van der Waals surface area contributed by atoms with Gasteiger partial charge in [-0.25, -0.2) is 4.79 Å². The van der Waals surface area contributed by atoms with Crippen LogP contribution >= 0.6 is 0 Å². The molecule has 2 atom stereocenters. The molecule has 30 heavy (non-hydrogen) atoms. The number of fused-ring (bicyclic) bond motifs is 2. The summed E-state index contributed by atoms with van der Waals surface area (Å²) in [5.41, 5.74) is 1.37. The summed E-state index contributed by atoms with van der Waals surface area (Å²) in [6.45, 7) is 3.05. The zero-order valence-corrected chi connectivity index (χ0v) is 17.0. The van der Waals surface area contributed by atoms with Gasteiger partial charge in [-0.1, -0.05) is 18.2 Å². The minimum Gasteiger partial charge on any atom is -0.338 e. The van der Waals surface area contributed by atoms with Crippen molar-refractivity contribution in [3.05, 3.63) is 56.2 Å². The van der Waals surface area contributed by atoms with Crippen molar-refractivity contribution in [1.82, 2.24) is 24.0 Å². The van der Waals surface area contributed by atoms with Gasteiger partial charge in [-0.3, -0.25) is 18.5 Å². The lowest BCUT2D eigenvalue weighted by Gasteiger charge is -2.25. The summed E-state index contributed by atoms with van der Waals surface area (Å²) < 4.78 is 4.42. The van der Waals surface area contributed by atoms with Crippen LogP contribution in [0.2, 0.25) is 0 Å². The van der Waals surface area contributed by atoms with Gasteiger partial charge in [0.05, 0.1) is 18.2 Å². The number of aryl methyl sites for hydroxylation is 1. The van der Waals surface area contributed by atoms with Crippen molar-refractivity contribution in [2.75, 3.05) is 24.5 Å². The number of aromatic nitrogens is 4. The molecule has 2 aliphatic heterocycles. The third-order valence-electron chi connectivity index (χ3n) is 6.50. The van der Waals surface area contributed by atoms with Gasteiger partial charge >= 0.3 is 5.69 Å². The lowest BCUT2D eigenvalue weighted by molar-refractivity contribution is 0.573. The summed E-state index contributed by atoms with van der Waals surface area (Å²) in [6.07, 6.45) is 1.06. The van der Waals surface area contributed by atoms with E-state index in [0.29, 0.717) is 41.2 Å². The second-order valence-electron chi connectivity index (χ2n) is 8.11. The largest absolute Gasteiger partial charge is 0.338 e. The van der Waals surface area contributed by atoms with Crippen LogP contribution in [0.1, 0.15) is 17.5 Å². The molecule has 154 valence electrons. The van der Waals surface area contributed by atoms with Crippen molar-refractivity contribution >= 4 is 17.1 Å². The van der Waals surface area contributed by atoms with Crippen molar-refractivity contribution in [2.24, 2.45) is 20.0 Å². The summed E-state index contributed by atoms with van der Waals surface area (Å²) in [5.74, 6) is 1.24. The molecule has 2 unspecified atom stereocenters. The highest BCUT2D eigenvalue weighted by Gasteiger charge is 2.40. The molecule has 0 aliphatic carbocycles. The third kappa shape index (κ3) is 2.60. The second kappa shape index (κ2) is 6.85. The van der Waals surface area contributed by atoms with E-state index in [2.05, 4.69) is 16.3 Å². The van der Waals surface area contributed by atoms with E-state index in [1.54, 1.807) is 13.1 Å². The van der Waals surface area contributed by atoms with Gasteiger partial charge in [0.2, 0.25) is 5.95 Å². The first-order valence-electron chi connectivity index (χ1n) is 10.1. The molecular weight excluding hydrogens is 382 g/mol. The van der Waals surface area contributed by atoms with E-state index in [-0.39, 0.29) is 5.56 Å². The lowest BCUT2D eigenvalue weighted by atomic mass is 10.1. The van der Waals surface area contributed by atoms with Gasteiger partial charge in [-0.2, -0.15) is 10.2 Å². The van der Waals surface area contributed by atoms with Crippen molar-refractivity contribution in [1.29, 1.82) is 5.26 Å².